The van der Waals surface area contributed by atoms with Gasteiger partial charge in [-0.05, 0) is 147 Å². The lowest BCUT2D eigenvalue weighted by atomic mass is 9.72. The molecule has 0 radical (unpaired) electrons. The number of hydrogen-bond acceptors (Lipinski definition) is 7. The Labute approximate surface area is 279 Å². The van der Waals surface area contributed by atoms with Gasteiger partial charge in [0, 0.05) is 17.9 Å². The number of ether oxygens (including phenoxy) is 4. The molecule has 7 heteroatoms. The predicted molar refractivity (Wildman–Crippen MR) is 181 cm³/mol. The molecule has 1 N–H and O–H groups in total. The number of rotatable bonds is 15. The molecule has 0 aromatic rings. The molecule has 4 aliphatic carbocycles. The van der Waals surface area contributed by atoms with E-state index in [2.05, 4.69) is 13.5 Å². The van der Waals surface area contributed by atoms with Crippen molar-refractivity contribution in [1.29, 1.82) is 0 Å². The Bertz CT molecular complexity index is 932. The fourth-order valence-corrected chi connectivity index (χ4v) is 8.96. The van der Waals surface area contributed by atoms with E-state index < -0.39 is 6.10 Å². The first-order chi connectivity index (χ1) is 22.0. The number of carbonyl (C=O) groups is 2. The third-order valence-electron chi connectivity index (χ3n) is 11.8. The van der Waals surface area contributed by atoms with Crippen LogP contribution in [0.25, 0.3) is 0 Å². The molecule has 3 unspecified atom stereocenters. The molecule has 0 aliphatic heterocycles. The molecule has 0 aromatic carbocycles. The number of ketones is 1. The largest absolute Gasteiger partial charge is 0.459 e. The Morgan fingerprint density at radius 3 is 1.50 bits per heavy atom. The number of aliphatic hydroxyl groups is 1. The molecule has 4 saturated carbocycles. The maximum absolute atomic E-state index is 12.2. The smallest absolute Gasteiger partial charge is 0.333 e. The number of Topliss-reactive ketones (excluding diaryl/α,β-unsaturated/α-hetero) is 1. The number of carbonyl (C=O) groups excluding carboxylic acids is 2. The highest BCUT2D eigenvalue weighted by Gasteiger charge is 2.34. The lowest BCUT2D eigenvalue weighted by Gasteiger charge is -2.38. The highest BCUT2D eigenvalue weighted by Crippen LogP contribution is 2.41. The van der Waals surface area contributed by atoms with Crippen molar-refractivity contribution in [2.45, 2.75) is 187 Å². The van der Waals surface area contributed by atoms with Crippen molar-refractivity contribution in [3.63, 3.8) is 0 Å². The molecule has 4 rings (SSSR count). The molecule has 264 valence electrons. The van der Waals surface area contributed by atoms with Crippen LogP contribution in [0.5, 0.6) is 0 Å². The minimum atomic E-state index is -0.488. The SMILES string of the molecule is C=C(C)C(=O)OC1CCC(C2CCC(OC(C)CC(O)COC3CCC(C4CCC(OC(C)C(=O)C(C)C)CC4)CC3)CC2)CC1. The first kappa shape index (κ1) is 37.5. The van der Waals surface area contributed by atoms with Crippen LogP contribution in [0.4, 0.5) is 0 Å². The van der Waals surface area contributed by atoms with E-state index in [9.17, 15) is 14.7 Å². The quantitative estimate of drug-likeness (QED) is 0.142. The van der Waals surface area contributed by atoms with E-state index >= 15 is 0 Å². The van der Waals surface area contributed by atoms with E-state index in [0.29, 0.717) is 18.6 Å². The van der Waals surface area contributed by atoms with E-state index in [1.54, 1.807) is 6.92 Å². The molecule has 0 spiro atoms. The van der Waals surface area contributed by atoms with Gasteiger partial charge in [0.25, 0.3) is 0 Å². The van der Waals surface area contributed by atoms with Crippen molar-refractivity contribution < 1.29 is 33.6 Å². The fourth-order valence-electron chi connectivity index (χ4n) is 8.96. The van der Waals surface area contributed by atoms with Crippen LogP contribution in [0.15, 0.2) is 12.2 Å². The standard InChI is InChI=1S/C39H66O7/c1-25(2)38(41)28(6)45-36-19-11-31(12-20-36)29-7-15-34(16-8-29)43-24-33(40)23-27(5)44-35-17-9-30(10-18-35)32-13-21-37(22-14-32)46-39(42)26(3)4/h25,27-37,40H,3,7-24H2,1-2,4-6H3. The zero-order valence-electron chi connectivity index (χ0n) is 29.8. The first-order valence-electron chi connectivity index (χ1n) is 19.0. The van der Waals surface area contributed by atoms with E-state index in [4.69, 9.17) is 18.9 Å². The summed E-state index contributed by atoms with van der Waals surface area (Å²) in [4.78, 5) is 24.1. The van der Waals surface area contributed by atoms with E-state index in [1.807, 2.05) is 20.8 Å². The Hall–Kier alpha value is -1.28. The second kappa shape index (κ2) is 18.5. The van der Waals surface area contributed by atoms with Crippen molar-refractivity contribution in [3.05, 3.63) is 12.2 Å². The van der Waals surface area contributed by atoms with Crippen LogP contribution in [0.3, 0.4) is 0 Å². The topological polar surface area (TPSA) is 91.3 Å². The maximum atomic E-state index is 12.2. The summed E-state index contributed by atoms with van der Waals surface area (Å²) in [6.07, 6.45) is 18.7. The zero-order chi connectivity index (χ0) is 33.2. The van der Waals surface area contributed by atoms with Gasteiger partial charge in [-0.25, -0.2) is 4.79 Å². The Morgan fingerprint density at radius 2 is 1.07 bits per heavy atom. The van der Waals surface area contributed by atoms with Crippen LogP contribution in [-0.2, 0) is 28.5 Å². The van der Waals surface area contributed by atoms with E-state index in [-0.39, 0.29) is 54.3 Å². The highest BCUT2D eigenvalue weighted by atomic mass is 16.5. The summed E-state index contributed by atoms with van der Waals surface area (Å²) >= 11 is 0. The molecule has 0 saturated heterocycles. The van der Waals surface area contributed by atoms with E-state index in [1.165, 1.54) is 38.5 Å². The van der Waals surface area contributed by atoms with Crippen molar-refractivity contribution in [1.82, 2.24) is 0 Å². The Kier molecular flexibility index (Phi) is 15.1. The number of aliphatic hydroxyl groups excluding tert-OH is 1. The molecular formula is C39H66O7. The molecule has 46 heavy (non-hydrogen) atoms. The van der Waals surface area contributed by atoms with Gasteiger partial charge >= 0.3 is 5.97 Å². The number of hydrogen-bond donors (Lipinski definition) is 1. The van der Waals surface area contributed by atoms with Gasteiger partial charge in [0.1, 0.15) is 12.2 Å². The second-order valence-corrected chi connectivity index (χ2v) is 15.8. The van der Waals surface area contributed by atoms with Crippen LogP contribution in [0, 0.1) is 29.6 Å². The lowest BCUT2D eigenvalue weighted by Crippen LogP contribution is -2.35. The summed E-state index contributed by atoms with van der Waals surface area (Å²) < 4.78 is 24.3. The van der Waals surface area contributed by atoms with Crippen molar-refractivity contribution in [2.75, 3.05) is 6.61 Å². The Morgan fingerprint density at radius 1 is 0.652 bits per heavy atom. The molecule has 4 fully saturated rings. The van der Waals surface area contributed by atoms with Gasteiger partial charge in [-0.3, -0.25) is 4.79 Å². The Balaban J connectivity index is 1.03. The molecule has 0 amide bonds. The predicted octanol–water partition coefficient (Wildman–Crippen LogP) is 8.14. The summed E-state index contributed by atoms with van der Waals surface area (Å²) in [5.41, 5.74) is 0.483. The molecule has 0 aromatic heterocycles. The summed E-state index contributed by atoms with van der Waals surface area (Å²) in [6, 6.07) is 0. The average Bonchev–Trinajstić information content (AvgIpc) is 3.04. The van der Waals surface area contributed by atoms with Gasteiger partial charge in [0.2, 0.25) is 0 Å². The molecule has 0 bridgehead atoms. The first-order valence-corrected chi connectivity index (χ1v) is 19.0. The van der Waals surface area contributed by atoms with Crippen molar-refractivity contribution >= 4 is 11.8 Å². The minimum absolute atomic E-state index is 0.0277. The van der Waals surface area contributed by atoms with Crippen molar-refractivity contribution in [3.8, 4) is 0 Å². The number of esters is 1. The third kappa shape index (κ3) is 11.7. The molecule has 4 aliphatic rings. The van der Waals surface area contributed by atoms with Gasteiger partial charge in [0.05, 0.1) is 37.1 Å². The van der Waals surface area contributed by atoms with Crippen molar-refractivity contribution in [2.24, 2.45) is 29.6 Å². The van der Waals surface area contributed by atoms with Crippen LogP contribution in [0.1, 0.15) is 144 Å². The summed E-state index contributed by atoms with van der Waals surface area (Å²) in [6.45, 7) is 13.7. The third-order valence-corrected chi connectivity index (χ3v) is 11.8. The van der Waals surface area contributed by atoms with Gasteiger partial charge in [0.15, 0.2) is 5.78 Å². The highest BCUT2D eigenvalue weighted by molar-refractivity contribution is 5.87. The fraction of sp³-hybridized carbons (Fsp3) is 0.897. The molecule has 3 atom stereocenters. The van der Waals surface area contributed by atoms with Gasteiger partial charge in [-0.2, -0.15) is 0 Å². The normalized spacial score (nSPS) is 34.4. The van der Waals surface area contributed by atoms with Crippen LogP contribution in [0.2, 0.25) is 0 Å². The lowest BCUT2D eigenvalue weighted by molar-refractivity contribution is -0.146. The van der Waals surface area contributed by atoms with Gasteiger partial charge in [-0.15, -0.1) is 0 Å². The molecule has 0 heterocycles. The zero-order valence-corrected chi connectivity index (χ0v) is 29.8. The summed E-state index contributed by atoms with van der Waals surface area (Å²) in [7, 11) is 0. The van der Waals surface area contributed by atoms with Gasteiger partial charge < -0.3 is 24.1 Å². The minimum Gasteiger partial charge on any atom is -0.459 e. The van der Waals surface area contributed by atoms with Crippen LogP contribution >= 0.6 is 0 Å². The molecule has 7 nitrogen and oxygen atoms in total. The van der Waals surface area contributed by atoms with E-state index in [0.717, 1.165) is 87.9 Å². The monoisotopic (exact) mass is 646 g/mol. The average molecular weight is 647 g/mol. The summed E-state index contributed by atoms with van der Waals surface area (Å²) in [5, 5.41) is 10.7. The van der Waals surface area contributed by atoms with Crippen LogP contribution < -0.4 is 0 Å². The summed E-state index contributed by atoms with van der Waals surface area (Å²) in [5.74, 6) is 3.01. The second-order valence-electron chi connectivity index (χ2n) is 15.8. The van der Waals surface area contributed by atoms with Gasteiger partial charge in [-0.1, -0.05) is 20.4 Å². The maximum Gasteiger partial charge on any atom is 0.333 e. The molecular weight excluding hydrogens is 580 g/mol. The van der Waals surface area contributed by atoms with Crippen LogP contribution in [-0.4, -0.2) is 66.2 Å².